The Balaban J connectivity index is 0.00000176. The fourth-order valence-corrected chi connectivity index (χ4v) is 17.9. The van der Waals surface area contributed by atoms with E-state index in [2.05, 4.69) is 58.0 Å². The second kappa shape index (κ2) is 10.00. The Morgan fingerprint density at radius 1 is 0.875 bits per heavy atom. The molecule has 1 saturated heterocycles. The smallest absolute Gasteiger partial charge is 0.147 e. The first kappa shape index (κ1) is 24.5. The third kappa shape index (κ3) is 4.42. The fourth-order valence-electron chi connectivity index (χ4n) is 4.05. The molecule has 5 heteroatoms. The van der Waals surface area contributed by atoms with Gasteiger partial charge in [-0.1, -0.05) is 0 Å². The van der Waals surface area contributed by atoms with Crippen molar-refractivity contribution in [1.82, 2.24) is 0 Å². The van der Waals surface area contributed by atoms with E-state index in [-0.39, 0.29) is 55.6 Å². The summed E-state index contributed by atoms with van der Waals surface area (Å²) in [4.78, 5) is 0. The predicted molar refractivity (Wildman–Crippen MR) is 113 cm³/mol. The van der Waals surface area contributed by atoms with Crippen LogP contribution in [0, 0.1) is 5.92 Å². The second-order valence-corrected chi connectivity index (χ2v) is 17.3. The largest absolute Gasteiger partial charge is 0.147 e. The predicted octanol–water partition coefficient (Wildman–Crippen LogP) is 6.24. The molecule has 1 atom stereocenters. The molecule has 0 aromatic heterocycles. The van der Waals surface area contributed by atoms with Crippen LogP contribution in [-0.2, 0) is 18.4 Å². The van der Waals surface area contributed by atoms with Crippen molar-refractivity contribution < 1.29 is 18.4 Å². The Morgan fingerprint density at radius 2 is 1.42 bits per heavy atom. The van der Waals surface area contributed by atoms with Crippen LogP contribution in [0.25, 0.3) is 0 Å². The molecule has 0 amide bonds. The summed E-state index contributed by atoms with van der Waals surface area (Å²) >= 11 is 0.0298. The molecule has 1 heterocycles. The van der Waals surface area contributed by atoms with Crippen molar-refractivity contribution in [2.75, 3.05) is 0 Å². The minimum Gasteiger partial charge on any atom is -0.147 e. The molecule has 1 unspecified atom stereocenters. The van der Waals surface area contributed by atoms with Gasteiger partial charge in [0.1, 0.15) is 0 Å². The third-order valence-corrected chi connectivity index (χ3v) is 18.9. The number of allylic oxidation sites excluding steroid dienone is 4. The average Bonchev–Trinajstić information content (AvgIpc) is 3.06. The van der Waals surface area contributed by atoms with Crippen LogP contribution in [0.4, 0.5) is 0 Å². The van der Waals surface area contributed by atoms with Gasteiger partial charge in [-0.15, -0.1) is 37.2 Å². The van der Waals surface area contributed by atoms with Crippen LogP contribution in [-0.4, -0.2) is 5.94 Å². The molecule has 3 rings (SSSR count). The molecule has 24 heavy (non-hydrogen) atoms. The average molecular weight is 440 g/mol. The zero-order valence-corrected chi connectivity index (χ0v) is 20.0. The topological polar surface area (TPSA) is 0 Å². The number of halogens is 3. The summed E-state index contributed by atoms with van der Waals surface area (Å²) in [5, 5.41) is 1.76. The van der Waals surface area contributed by atoms with Crippen molar-refractivity contribution in [2.24, 2.45) is 5.92 Å². The first-order valence-electron chi connectivity index (χ1n) is 8.27. The zero-order valence-electron chi connectivity index (χ0n) is 15.0. The van der Waals surface area contributed by atoms with E-state index in [1.165, 1.54) is 12.8 Å². The summed E-state index contributed by atoms with van der Waals surface area (Å²) in [6.07, 6.45) is 2.97. The number of hydrogen-bond acceptors (Lipinski definition) is 0. The Labute approximate surface area is 175 Å². The van der Waals surface area contributed by atoms with Crippen molar-refractivity contribution in [3.8, 4) is 0 Å². The molecule has 1 aliphatic heterocycles. The SMILES string of the molecule is CC1=C(C)C(C)[C]([Ti][Si]2(c3ccccc3)CCCC2)=C1C.Cl.Cl.Cl. The summed E-state index contributed by atoms with van der Waals surface area (Å²) in [5.74, 6) is -0.441. The molecule has 1 aliphatic carbocycles. The molecule has 134 valence electrons. The van der Waals surface area contributed by atoms with Gasteiger partial charge in [0.25, 0.3) is 0 Å². The Kier molecular flexibility index (Phi) is 10.2. The second-order valence-electron chi connectivity index (χ2n) is 6.85. The van der Waals surface area contributed by atoms with Crippen molar-refractivity contribution >= 4 is 48.3 Å². The van der Waals surface area contributed by atoms with Gasteiger partial charge in [0.2, 0.25) is 0 Å². The van der Waals surface area contributed by atoms with Gasteiger partial charge in [0.15, 0.2) is 0 Å². The zero-order chi connectivity index (χ0) is 15.0. The summed E-state index contributed by atoms with van der Waals surface area (Å²) in [6.45, 7) is 9.54. The van der Waals surface area contributed by atoms with Gasteiger partial charge < -0.3 is 0 Å². The van der Waals surface area contributed by atoms with Gasteiger partial charge in [0.05, 0.1) is 0 Å². The molecule has 0 saturated carbocycles. The van der Waals surface area contributed by atoms with Crippen molar-refractivity contribution in [3.63, 3.8) is 0 Å². The molecular formula is C19H29Cl3SiTi. The van der Waals surface area contributed by atoms with Gasteiger partial charge in [-0.25, -0.2) is 0 Å². The van der Waals surface area contributed by atoms with Gasteiger partial charge >= 0.3 is 139 Å². The summed E-state index contributed by atoms with van der Waals surface area (Å²) in [7, 11) is 0. The molecule has 0 spiro atoms. The number of hydrogen-bond donors (Lipinski definition) is 0. The van der Waals surface area contributed by atoms with Crippen LogP contribution in [0.15, 0.2) is 50.9 Å². The van der Waals surface area contributed by atoms with E-state index in [0.29, 0.717) is 0 Å². The van der Waals surface area contributed by atoms with Crippen molar-refractivity contribution in [1.29, 1.82) is 0 Å². The van der Waals surface area contributed by atoms with Gasteiger partial charge in [-0.05, 0) is 0 Å². The molecule has 0 N–H and O–H groups in total. The summed E-state index contributed by atoms with van der Waals surface area (Å²) < 4.78 is 1.89. The van der Waals surface area contributed by atoms with E-state index in [1.54, 1.807) is 34.0 Å². The van der Waals surface area contributed by atoms with E-state index < -0.39 is 5.94 Å². The number of rotatable bonds is 3. The maximum Gasteiger partial charge on any atom is -0.147 e. The van der Waals surface area contributed by atoms with E-state index >= 15 is 0 Å². The maximum atomic E-state index is 2.45. The van der Waals surface area contributed by atoms with Crippen molar-refractivity contribution in [3.05, 3.63) is 50.9 Å². The first-order chi connectivity index (χ1) is 10.1. The quantitative estimate of drug-likeness (QED) is 0.489. The molecule has 0 radical (unpaired) electrons. The standard InChI is InChI=1S/C10H13Si.C9H13.3ClH.Ti/c1-2-6-10(7-3-1)11-8-4-5-9-11;1-6-5-7(2)9(4)8(6)3;;;;/h1-3,6-7H,4-5,8-9H2;6H,1-4H3;3*1H;. The monoisotopic (exact) mass is 438 g/mol. The Hall–Kier alpha value is 0.501. The van der Waals surface area contributed by atoms with E-state index in [9.17, 15) is 0 Å². The van der Waals surface area contributed by atoms with E-state index in [4.69, 9.17) is 0 Å². The van der Waals surface area contributed by atoms with Gasteiger partial charge in [0, 0.05) is 0 Å². The van der Waals surface area contributed by atoms with Crippen LogP contribution in [0.2, 0.25) is 12.1 Å². The van der Waals surface area contributed by atoms with Crippen LogP contribution in [0.5, 0.6) is 0 Å². The van der Waals surface area contributed by atoms with Gasteiger partial charge in [-0.3, -0.25) is 0 Å². The molecule has 0 nitrogen and oxygen atoms in total. The summed E-state index contributed by atoms with van der Waals surface area (Å²) in [6, 6.07) is 14.7. The minimum atomic E-state index is -1.18. The molecule has 2 aliphatic rings. The van der Waals surface area contributed by atoms with Crippen LogP contribution >= 0.6 is 37.2 Å². The normalized spacial score (nSPS) is 21.8. The maximum absolute atomic E-state index is 2.45. The van der Waals surface area contributed by atoms with Crippen molar-refractivity contribution in [2.45, 2.75) is 52.6 Å². The first-order valence-corrected chi connectivity index (χ1v) is 13.8. The Morgan fingerprint density at radius 3 is 1.88 bits per heavy atom. The van der Waals surface area contributed by atoms with Crippen LogP contribution in [0.1, 0.15) is 40.5 Å². The Bertz CT molecular complexity index is 604. The fraction of sp³-hybridized carbons (Fsp3) is 0.474. The molecule has 1 fully saturated rings. The third-order valence-electron chi connectivity index (χ3n) is 5.80. The molecule has 1 aromatic carbocycles. The number of benzene rings is 1. The van der Waals surface area contributed by atoms with E-state index in [0.717, 1.165) is 5.92 Å². The van der Waals surface area contributed by atoms with Gasteiger partial charge in [-0.2, -0.15) is 0 Å². The van der Waals surface area contributed by atoms with E-state index in [1.807, 2.05) is 3.88 Å². The molecular weight excluding hydrogens is 411 g/mol. The van der Waals surface area contributed by atoms with Crippen LogP contribution in [0.3, 0.4) is 0 Å². The minimum absolute atomic E-state index is 0. The summed E-state index contributed by atoms with van der Waals surface area (Å²) in [5.41, 5.74) is 4.90. The molecule has 0 bridgehead atoms. The molecule has 1 aromatic rings. The van der Waals surface area contributed by atoms with Crippen LogP contribution < -0.4 is 5.19 Å².